The van der Waals surface area contributed by atoms with Crippen molar-refractivity contribution in [2.75, 3.05) is 13.1 Å². The topological polar surface area (TPSA) is 49.4 Å². The monoisotopic (exact) mass is 360 g/mol. The Kier molecular flexibility index (Phi) is 5.34. The fourth-order valence-electron chi connectivity index (χ4n) is 2.91. The standard InChI is InChI=1S/C19H18ClFN2O2/c20-17-4-2-1-3-16(17)18(24)22-15-9-11-23(12-10-15)19(25)13-5-7-14(21)8-6-13/h1-8,15H,9-12H2,(H,22,24). The van der Waals surface area contributed by atoms with Crippen molar-refractivity contribution in [1.29, 1.82) is 0 Å². The summed E-state index contributed by atoms with van der Waals surface area (Å²) in [6.45, 7) is 1.09. The van der Waals surface area contributed by atoms with Crippen molar-refractivity contribution < 1.29 is 14.0 Å². The summed E-state index contributed by atoms with van der Waals surface area (Å²) in [5.74, 6) is -0.678. The molecule has 1 aliphatic heterocycles. The summed E-state index contributed by atoms with van der Waals surface area (Å²) >= 11 is 6.04. The Bertz CT molecular complexity index is 771. The molecule has 25 heavy (non-hydrogen) atoms. The number of rotatable bonds is 3. The lowest BCUT2D eigenvalue weighted by molar-refractivity contribution is 0.0698. The second-order valence-corrected chi connectivity index (χ2v) is 6.43. The molecule has 2 aromatic carbocycles. The van der Waals surface area contributed by atoms with Crippen molar-refractivity contribution in [3.63, 3.8) is 0 Å². The zero-order valence-corrected chi connectivity index (χ0v) is 14.3. The maximum absolute atomic E-state index is 13.0. The third kappa shape index (κ3) is 4.17. The molecule has 0 saturated carbocycles. The number of carbonyl (C=O) groups is 2. The van der Waals surface area contributed by atoms with Gasteiger partial charge >= 0.3 is 0 Å². The van der Waals surface area contributed by atoms with Gasteiger partial charge in [0.1, 0.15) is 5.82 Å². The van der Waals surface area contributed by atoms with E-state index in [2.05, 4.69) is 5.32 Å². The van der Waals surface area contributed by atoms with Gasteiger partial charge in [-0.15, -0.1) is 0 Å². The van der Waals surface area contributed by atoms with Gasteiger partial charge in [0.05, 0.1) is 10.6 Å². The Balaban J connectivity index is 1.55. The Morgan fingerprint density at radius 2 is 1.68 bits per heavy atom. The fraction of sp³-hybridized carbons (Fsp3) is 0.263. The second-order valence-electron chi connectivity index (χ2n) is 6.03. The number of carbonyl (C=O) groups excluding carboxylic acids is 2. The van der Waals surface area contributed by atoms with E-state index in [-0.39, 0.29) is 23.7 Å². The van der Waals surface area contributed by atoms with Gasteiger partial charge < -0.3 is 10.2 Å². The van der Waals surface area contributed by atoms with E-state index in [0.29, 0.717) is 42.1 Å². The number of hydrogen-bond acceptors (Lipinski definition) is 2. The van der Waals surface area contributed by atoms with Crippen LogP contribution in [-0.2, 0) is 0 Å². The van der Waals surface area contributed by atoms with Crippen molar-refractivity contribution in [3.8, 4) is 0 Å². The highest BCUT2D eigenvalue weighted by Crippen LogP contribution is 2.18. The predicted molar refractivity (Wildman–Crippen MR) is 94.2 cm³/mol. The van der Waals surface area contributed by atoms with Crippen LogP contribution in [0.4, 0.5) is 4.39 Å². The fourth-order valence-corrected chi connectivity index (χ4v) is 3.13. The van der Waals surface area contributed by atoms with E-state index in [4.69, 9.17) is 11.6 Å². The molecular formula is C19H18ClFN2O2. The van der Waals surface area contributed by atoms with Gasteiger partial charge in [-0.05, 0) is 49.2 Å². The van der Waals surface area contributed by atoms with Gasteiger partial charge in [-0.25, -0.2) is 4.39 Å². The first kappa shape index (κ1) is 17.4. The van der Waals surface area contributed by atoms with Crippen LogP contribution in [0.5, 0.6) is 0 Å². The normalized spacial score (nSPS) is 15.0. The summed E-state index contributed by atoms with van der Waals surface area (Å²) in [4.78, 5) is 26.4. The largest absolute Gasteiger partial charge is 0.349 e. The summed E-state index contributed by atoms with van der Waals surface area (Å²) in [5, 5.41) is 3.39. The van der Waals surface area contributed by atoms with Gasteiger partial charge in [0, 0.05) is 24.7 Å². The van der Waals surface area contributed by atoms with E-state index in [1.807, 2.05) is 0 Å². The van der Waals surface area contributed by atoms with Crippen LogP contribution in [0, 0.1) is 5.82 Å². The average molecular weight is 361 g/mol. The predicted octanol–water partition coefficient (Wildman–Crippen LogP) is 3.51. The van der Waals surface area contributed by atoms with Gasteiger partial charge in [-0.1, -0.05) is 23.7 Å². The molecule has 1 N–H and O–H groups in total. The molecule has 0 spiro atoms. The highest BCUT2D eigenvalue weighted by atomic mass is 35.5. The van der Waals surface area contributed by atoms with Crippen molar-refractivity contribution in [2.45, 2.75) is 18.9 Å². The number of likely N-dealkylation sites (tertiary alicyclic amines) is 1. The molecule has 0 aliphatic carbocycles. The van der Waals surface area contributed by atoms with Gasteiger partial charge in [-0.2, -0.15) is 0 Å². The first-order chi connectivity index (χ1) is 12.0. The average Bonchev–Trinajstić information content (AvgIpc) is 2.63. The van der Waals surface area contributed by atoms with E-state index >= 15 is 0 Å². The molecule has 3 rings (SSSR count). The van der Waals surface area contributed by atoms with Crippen molar-refractivity contribution in [1.82, 2.24) is 10.2 Å². The third-order valence-corrected chi connectivity index (χ3v) is 4.66. The van der Waals surface area contributed by atoms with Crippen LogP contribution >= 0.6 is 11.6 Å². The van der Waals surface area contributed by atoms with Crippen molar-refractivity contribution in [2.24, 2.45) is 0 Å². The van der Waals surface area contributed by atoms with Crippen LogP contribution in [0.2, 0.25) is 5.02 Å². The van der Waals surface area contributed by atoms with Crippen LogP contribution in [0.25, 0.3) is 0 Å². The molecule has 130 valence electrons. The Hall–Kier alpha value is -2.40. The van der Waals surface area contributed by atoms with Crippen LogP contribution < -0.4 is 5.32 Å². The Morgan fingerprint density at radius 3 is 2.32 bits per heavy atom. The lowest BCUT2D eigenvalue weighted by atomic mass is 10.0. The number of halogens is 2. The quantitative estimate of drug-likeness (QED) is 0.910. The summed E-state index contributed by atoms with van der Waals surface area (Å²) in [5.41, 5.74) is 0.925. The number of benzene rings is 2. The molecule has 1 fully saturated rings. The van der Waals surface area contributed by atoms with Crippen molar-refractivity contribution in [3.05, 3.63) is 70.5 Å². The summed E-state index contributed by atoms with van der Waals surface area (Å²) in [6.07, 6.45) is 1.34. The summed E-state index contributed by atoms with van der Waals surface area (Å²) in [6, 6.07) is 12.5. The SMILES string of the molecule is O=C(NC1CCN(C(=O)c2ccc(F)cc2)CC1)c1ccccc1Cl. The number of nitrogens with zero attached hydrogens (tertiary/aromatic N) is 1. The van der Waals surface area contributed by atoms with E-state index < -0.39 is 0 Å². The molecule has 0 atom stereocenters. The molecular weight excluding hydrogens is 343 g/mol. The second kappa shape index (κ2) is 7.66. The van der Waals surface area contributed by atoms with E-state index in [9.17, 15) is 14.0 Å². The number of piperidine rings is 1. The summed E-state index contributed by atoms with van der Waals surface area (Å²) < 4.78 is 13.0. The molecule has 0 unspecified atom stereocenters. The number of nitrogens with one attached hydrogen (secondary N) is 1. The van der Waals surface area contributed by atoms with Gasteiger partial charge in [0.2, 0.25) is 0 Å². The zero-order valence-electron chi connectivity index (χ0n) is 13.5. The first-order valence-electron chi connectivity index (χ1n) is 8.15. The molecule has 0 bridgehead atoms. The van der Waals surface area contributed by atoms with E-state index in [0.717, 1.165) is 0 Å². The van der Waals surface area contributed by atoms with Crippen LogP contribution in [-0.4, -0.2) is 35.8 Å². The van der Waals surface area contributed by atoms with Gasteiger partial charge in [0.25, 0.3) is 11.8 Å². The molecule has 1 heterocycles. The number of amides is 2. The minimum atomic E-state index is -0.363. The highest BCUT2D eigenvalue weighted by Gasteiger charge is 2.25. The van der Waals surface area contributed by atoms with E-state index in [1.165, 1.54) is 24.3 Å². The molecule has 2 amide bonds. The zero-order chi connectivity index (χ0) is 17.8. The minimum absolute atomic E-state index is 0.000964. The molecule has 0 radical (unpaired) electrons. The number of hydrogen-bond donors (Lipinski definition) is 1. The first-order valence-corrected chi connectivity index (χ1v) is 8.52. The van der Waals surface area contributed by atoms with Gasteiger partial charge in [0.15, 0.2) is 0 Å². The van der Waals surface area contributed by atoms with Crippen molar-refractivity contribution >= 4 is 23.4 Å². The van der Waals surface area contributed by atoms with Crippen LogP contribution in [0.15, 0.2) is 48.5 Å². The Labute approximate surface area is 150 Å². The molecule has 0 aromatic heterocycles. The Morgan fingerprint density at radius 1 is 1.04 bits per heavy atom. The minimum Gasteiger partial charge on any atom is -0.349 e. The highest BCUT2D eigenvalue weighted by molar-refractivity contribution is 6.33. The third-order valence-electron chi connectivity index (χ3n) is 4.33. The van der Waals surface area contributed by atoms with E-state index in [1.54, 1.807) is 29.2 Å². The van der Waals surface area contributed by atoms with Crippen LogP contribution in [0.3, 0.4) is 0 Å². The lowest BCUT2D eigenvalue weighted by Crippen LogP contribution is -2.46. The van der Waals surface area contributed by atoms with Gasteiger partial charge in [-0.3, -0.25) is 9.59 Å². The smallest absolute Gasteiger partial charge is 0.253 e. The molecule has 4 nitrogen and oxygen atoms in total. The summed E-state index contributed by atoms with van der Waals surface area (Å²) in [7, 11) is 0. The van der Waals surface area contributed by atoms with Crippen LogP contribution in [0.1, 0.15) is 33.6 Å². The molecule has 6 heteroatoms. The molecule has 1 saturated heterocycles. The maximum atomic E-state index is 13.0. The lowest BCUT2D eigenvalue weighted by Gasteiger charge is -2.32. The molecule has 1 aliphatic rings. The maximum Gasteiger partial charge on any atom is 0.253 e. The molecule has 2 aromatic rings.